The number of ether oxygens (including phenoxy) is 1. The summed E-state index contributed by atoms with van der Waals surface area (Å²) in [6.07, 6.45) is -2.15. The maximum atomic E-state index is 11.9. The van der Waals surface area contributed by atoms with E-state index in [0.29, 0.717) is 17.2 Å². The number of carbonyl (C=O) groups is 1. The number of nitrogens with one attached hydrogen (secondary N) is 1. The lowest BCUT2D eigenvalue weighted by molar-refractivity contribution is -0.172. The summed E-state index contributed by atoms with van der Waals surface area (Å²) in [6.45, 7) is -1.17. The number of fused-ring (bicyclic) bond motifs is 1. The summed E-state index contributed by atoms with van der Waals surface area (Å²) in [5.41, 5.74) is 0.581. The standard InChI is InChI=1S/C12H15F3N2O3S/c13-12(14,15)6-20-5-4-16-11-17-9-7(10(18)19)2-1-3-8(9)21-11/h7H,1-6H2,(H,16,17)(H,18,19). The first-order valence-electron chi connectivity index (χ1n) is 6.47. The van der Waals surface area contributed by atoms with E-state index < -0.39 is 24.7 Å². The van der Waals surface area contributed by atoms with Gasteiger partial charge in [0.15, 0.2) is 5.13 Å². The van der Waals surface area contributed by atoms with Gasteiger partial charge in [-0.15, -0.1) is 11.3 Å². The molecule has 0 amide bonds. The molecule has 0 saturated carbocycles. The topological polar surface area (TPSA) is 71.5 Å². The van der Waals surface area contributed by atoms with Crippen LogP contribution in [-0.2, 0) is 16.0 Å². The van der Waals surface area contributed by atoms with Gasteiger partial charge in [-0.1, -0.05) is 0 Å². The van der Waals surface area contributed by atoms with Crippen molar-refractivity contribution in [3.05, 3.63) is 10.6 Å². The highest BCUT2D eigenvalue weighted by Crippen LogP contribution is 2.36. The molecular formula is C12H15F3N2O3S. The second-order valence-corrected chi connectivity index (χ2v) is 5.79. The van der Waals surface area contributed by atoms with E-state index >= 15 is 0 Å². The number of aliphatic carboxylic acids is 1. The molecule has 1 unspecified atom stereocenters. The highest BCUT2D eigenvalue weighted by Gasteiger charge is 2.30. The zero-order valence-corrected chi connectivity index (χ0v) is 11.9. The molecule has 1 heterocycles. The molecule has 0 spiro atoms. The van der Waals surface area contributed by atoms with E-state index in [-0.39, 0.29) is 13.2 Å². The lowest BCUT2D eigenvalue weighted by Gasteiger charge is -2.16. The number of rotatable bonds is 6. The lowest BCUT2D eigenvalue weighted by Crippen LogP contribution is -2.20. The van der Waals surface area contributed by atoms with Crippen molar-refractivity contribution in [2.75, 3.05) is 25.1 Å². The number of hydrogen-bond donors (Lipinski definition) is 2. The number of halogens is 3. The molecule has 118 valence electrons. The molecule has 2 N–H and O–H groups in total. The number of alkyl halides is 3. The largest absolute Gasteiger partial charge is 0.481 e. The van der Waals surface area contributed by atoms with Gasteiger partial charge < -0.3 is 15.2 Å². The molecule has 2 rings (SSSR count). The summed E-state index contributed by atoms with van der Waals surface area (Å²) in [4.78, 5) is 16.3. The van der Waals surface area contributed by atoms with Gasteiger partial charge in [0, 0.05) is 11.4 Å². The van der Waals surface area contributed by atoms with Gasteiger partial charge in [0.05, 0.1) is 12.3 Å². The molecule has 0 radical (unpaired) electrons. The lowest BCUT2D eigenvalue weighted by atomic mass is 9.91. The van der Waals surface area contributed by atoms with E-state index in [9.17, 15) is 18.0 Å². The van der Waals surface area contributed by atoms with E-state index in [1.165, 1.54) is 11.3 Å². The van der Waals surface area contributed by atoms with Crippen molar-refractivity contribution in [3.63, 3.8) is 0 Å². The van der Waals surface area contributed by atoms with E-state index in [1.807, 2.05) is 0 Å². The van der Waals surface area contributed by atoms with Crippen LogP contribution in [0.15, 0.2) is 0 Å². The molecule has 1 aromatic heterocycles. The zero-order valence-electron chi connectivity index (χ0n) is 11.1. The zero-order chi connectivity index (χ0) is 15.5. The molecule has 0 saturated heterocycles. The summed E-state index contributed by atoms with van der Waals surface area (Å²) in [7, 11) is 0. The molecule has 0 fully saturated rings. The Bertz CT molecular complexity index is 504. The van der Waals surface area contributed by atoms with Crippen molar-refractivity contribution in [3.8, 4) is 0 Å². The van der Waals surface area contributed by atoms with E-state index in [0.717, 1.165) is 17.7 Å². The van der Waals surface area contributed by atoms with Crippen LogP contribution in [0.4, 0.5) is 18.3 Å². The highest BCUT2D eigenvalue weighted by atomic mass is 32.1. The first-order valence-corrected chi connectivity index (χ1v) is 7.29. The van der Waals surface area contributed by atoms with Crippen molar-refractivity contribution in [2.45, 2.75) is 31.4 Å². The minimum absolute atomic E-state index is 0.0912. The Hall–Kier alpha value is -1.35. The fraction of sp³-hybridized carbons (Fsp3) is 0.667. The predicted molar refractivity (Wildman–Crippen MR) is 70.8 cm³/mol. The minimum atomic E-state index is -4.32. The molecule has 21 heavy (non-hydrogen) atoms. The van der Waals surface area contributed by atoms with Gasteiger partial charge in [0.2, 0.25) is 0 Å². The average Bonchev–Trinajstić information content (AvgIpc) is 2.79. The molecule has 9 heteroatoms. The second-order valence-electron chi connectivity index (χ2n) is 4.71. The molecule has 5 nitrogen and oxygen atoms in total. The first kappa shape index (κ1) is 16.0. The van der Waals surface area contributed by atoms with Gasteiger partial charge in [0.25, 0.3) is 0 Å². The van der Waals surface area contributed by atoms with Crippen LogP contribution in [0, 0.1) is 0 Å². The van der Waals surface area contributed by atoms with Crippen LogP contribution in [-0.4, -0.2) is 42.0 Å². The third-order valence-electron chi connectivity index (χ3n) is 3.04. The number of carboxylic acids is 1. The Morgan fingerprint density at radius 1 is 1.52 bits per heavy atom. The summed E-state index contributed by atoms with van der Waals surface area (Å²) in [5, 5.41) is 12.5. The molecular weight excluding hydrogens is 309 g/mol. The van der Waals surface area contributed by atoms with Crippen molar-refractivity contribution >= 4 is 22.4 Å². The maximum Gasteiger partial charge on any atom is 0.411 e. The fourth-order valence-electron chi connectivity index (χ4n) is 2.15. The van der Waals surface area contributed by atoms with Crippen LogP contribution >= 0.6 is 11.3 Å². The Morgan fingerprint density at radius 3 is 2.95 bits per heavy atom. The Morgan fingerprint density at radius 2 is 2.29 bits per heavy atom. The second kappa shape index (κ2) is 6.61. The molecule has 1 aromatic rings. The maximum absolute atomic E-state index is 11.9. The van der Waals surface area contributed by atoms with E-state index in [1.54, 1.807) is 0 Å². The predicted octanol–water partition coefficient (Wildman–Crippen LogP) is 2.64. The number of aryl methyl sites for hydroxylation is 1. The summed E-state index contributed by atoms with van der Waals surface area (Å²) in [5.74, 6) is -1.47. The summed E-state index contributed by atoms with van der Waals surface area (Å²) in [6, 6.07) is 0. The van der Waals surface area contributed by atoms with Crippen LogP contribution in [0.5, 0.6) is 0 Å². The van der Waals surface area contributed by atoms with Gasteiger partial charge in [0.1, 0.15) is 12.5 Å². The third kappa shape index (κ3) is 4.57. The molecule has 0 bridgehead atoms. The number of aromatic nitrogens is 1. The number of thiazole rings is 1. The van der Waals surface area contributed by atoms with Gasteiger partial charge in [-0.3, -0.25) is 4.79 Å². The van der Waals surface area contributed by atoms with Crippen molar-refractivity contribution in [1.82, 2.24) is 4.98 Å². The van der Waals surface area contributed by atoms with Gasteiger partial charge in [-0.25, -0.2) is 4.98 Å². The van der Waals surface area contributed by atoms with Crippen LogP contribution in [0.25, 0.3) is 0 Å². The number of anilines is 1. The van der Waals surface area contributed by atoms with Crippen LogP contribution < -0.4 is 5.32 Å². The van der Waals surface area contributed by atoms with Gasteiger partial charge in [-0.05, 0) is 19.3 Å². The number of carboxylic acid groups (broad SMARTS) is 1. The fourth-order valence-corrected chi connectivity index (χ4v) is 3.24. The summed E-state index contributed by atoms with van der Waals surface area (Å²) >= 11 is 1.36. The van der Waals surface area contributed by atoms with Crippen LogP contribution in [0.1, 0.15) is 29.3 Å². The summed E-state index contributed by atoms with van der Waals surface area (Å²) < 4.78 is 40.1. The monoisotopic (exact) mass is 324 g/mol. The normalized spacial score (nSPS) is 18.3. The Balaban J connectivity index is 1.84. The van der Waals surface area contributed by atoms with Crippen LogP contribution in [0.3, 0.4) is 0 Å². The average molecular weight is 324 g/mol. The molecule has 0 aromatic carbocycles. The Kier molecular flexibility index (Phi) is 5.04. The smallest absolute Gasteiger partial charge is 0.411 e. The molecule has 0 aliphatic heterocycles. The number of hydrogen-bond acceptors (Lipinski definition) is 5. The first-order chi connectivity index (χ1) is 9.87. The SMILES string of the molecule is O=C(O)C1CCCc2sc(NCCOCC(F)(F)F)nc21. The van der Waals surface area contributed by atoms with Crippen molar-refractivity contribution in [1.29, 1.82) is 0 Å². The van der Waals surface area contributed by atoms with E-state index in [2.05, 4.69) is 15.0 Å². The Labute approximate surface area is 123 Å². The third-order valence-corrected chi connectivity index (χ3v) is 4.13. The van der Waals surface area contributed by atoms with Crippen molar-refractivity contribution < 1.29 is 27.8 Å². The van der Waals surface area contributed by atoms with Gasteiger partial charge in [-0.2, -0.15) is 13.2 Å². The van der Waals surface area contributed by atoms with Crippen LogP contribution in [0.2, 0.25) is 0 Å². The van der Waals surface area contributed by atoms with E-state index in [4.69, 9.17) is 5.11 Å². The molecule has 1 aliphatic rings. The molecule has 1 aliphatic carbocycles. The highest BCUT2D eigenvalue weighted by molar-refractivity contribution is 7.15. The van der Waals surface area contributed by atoms with Gasteiger partial charge >= 0.3 is 12.1 Å². The quantitative estimate of drug-likeness (QED) is 0.787. The molecule has 1 atom stereocenters. The van der Waals surface area contributed by atoms with Crippen molar-refractivity contribution in [2.24, 2.45) is 0 Å². The number of nitrogens with zero attached hydrogens (tertiary/aromatic N) is 1. The minimum Gasteiger partial charge on any atom is -0.481 e.